The maximum absolute atomic E-state index is 12.3. The molecule has 1 aliphatic heterocycles. The summed E-state index contributed by atoms with van der Waals surface area (Å²) < 4.78 is 7.56. The number of aromatic nitrogens is 3. The third kappa shape index (κ3) is 3.27. The van der Waals surface area contributed by atoms with E-state index in [0.717, 1.165) is 35.4 Å². The Hall–Kier alpha value is -2.89. The van der Waals surface area contributed by atoms with Crippen LogP contribution in [0.2, 0.25) is 0 Å². The summed E-state index contributed by atoms with van der Waals surface area (Å²) in [5.41, 5.74) is 3.03. The summed E-state index contributed by atoms with van der Waals surface area (Å²) in [4.78, 5) is 23.0. The Morgan fingerprint density at radius 2 is 1.96 bits per heavy atom. The van der Waals surface area contributed by atoms with Crippen LogP contribution < -0.4 is 0 Å². The predicted octanol–water partition coefficient (Wildman–Crippen LogP) is 3.55. The lowest BCUT2D eigenvalue weighted by Gasteiger charge is -2.30. The summed E-state index contributed by atoms with van der Waals surface area (Å²) in [5, 5.41) is 0. The van der Waals surface area contributed by atoms with Crippen molar-refractivity contribution in [3.05, 3.63) is 66.0 Å². The number of hydrogen-bond donors (Lipinski definition) is 0. The van der Waals surface area contributed by atoms with Crippen LogP contribution in [0.25, 0.3) is 5.52 Å². The van der Waals surface area contributed by atoms with Crippen LogP contribution in [0, 0.1) is 6.92 Å². The highest BCUT2D eigenvalue weighted by atomic mass is 16.6. The molecule has 134 valence electrons. The fourth-order valence-electron chi connectivity index (χ4n) is 3.51. The number of nitrogens with zero attached hydrogens (tertiary/aromatic N) is 4. The minimum absolute atomic E-state index is 0.236. The summed E-state index contributed by atoms with van der Waals surface area (Å²) in [5.74, 6) is 1.40. The summed E-state index contributed by atoms with van der Waals surface area (Å²) in [6, 6.07) is 9.76. The van der Waals surface area contributed by atoms with Gasteiger partial charge in [0.05, 0.1) is 17.4 Å². The molecule has 0 unspecified atom stereocenters. The lowest BCUT2D eigenvalue weighted by atomic mass is 9.96. The summed E-state index contributed by atoms with van der Waals surface area (Å²) in [6.45, 7) is 3.69. The highest BCUT2D eigenvalue weighted by Gasteiger charge is 2.27. The van der Waals surface area contributed by atoms with Gasteiger partial charge in [0.25, 0.3) is 0 Å². The quantitative estimate of drug-likeness (QED) is 0.725. The molecule has 0 bridgehead atoms. The predicted molar refractivity (Wildman–Crippen MR) is 97.9 cm³/mol. The van der Waals surface area contributed by atoms with E-state index >= 15 is 0 Å². The van der Waals surface area contributed by atoms with E-state index in [2.05, 4.69) is 14.4 Å². The number of piperidine rings is 1. The van der Waals surface area contributed by atoms with Crippen LogP contribution in [0.15, 0.2) is 48.9 Å². The molecule has 6 nitrogen and oxygen atoms in total. The van der Waals surface area contributed by atoms with Crippen molar-refractivity contribution in [1.82, 2.24) is 19.3 Å². The lowest BCUT2D eigenvalue weighted by molar-refractivity contribution is 0.0866. The van der Waals surface area contributed by atoms with E-state index in [1.165, 1.54) is 0 Å². The Bertz CT molecular complexity index is 899. The molecular formula is C20H22N4O2. The largest absolute Gasteiger partial charge is 0.445 e. The van der Waals surface area contributed by atoms with Crippen molar-refractivity contribution in [2.45, 2.75) is 32.3 Å². The lowest BCUT2D eigenvalue weighted by Crippen LogP contribution is -2.38. The van der Waals surface area contributed by atoms with E-state index in [4.69, 9.17) is 4.74 Å². The zero-order valence-corrected chi connectivity index (χ0v) is 14.8. The van der Waals surface area contributed by atoms with E-state index in [1.807, 2.05) is 55.8 Å². The first-order valence-corrected chi connectivity index (χ1v) is 8.96. The number of likely N-dealkylation sites (tertiary alicyclic amines) is 1. The van der Waals surface area contributed by atoms with Gasteiger partial charge < -0.3 is 14.0 Å². The van der Waals surface area contributed by atoms with Gasteiger partial charge in [-0.15, -0.1) is 0 Å². The van der Waals surface area contributed by atoms with Crippen molar-refractivity contribution in [1.29, 1.82) is 0 Å². The number of rotatable bonds is 3. The molecule has 26 heavy (non-hydrogen) atoms. The van der Waals surface area contributed by atoms with Crippen molar-refractivity contribution in [2.24, 2.45) is 0 Å². The molecule has 0 spiro atoms. The zero-order chi connectivity index (χ0) is 17.9. The van der Waals surface area contributed by atoms with Gasteiger partial charge in [0.1, 0.15) is 12.4 Å². The van der Waals surface area contributed by atoms with E-state index in [-0.39, 0.29) is 6.09 Å². The second kappa shape index (κ2) is 7.15. The maximum atomic E-state index is 12.3. The number of benzene rings is 1. The van der Waals surface area contributed by atoms with Crippen LogP contribution in [0.3, 0.4) is 0 Å². The standard InChI is InChI=1S/C20H22N4O2/c1-15-18-13-22-19(24(18)12-9-21-15)17-7-10-23(11-8-17)20(25)26-14-16-5-3-2-4-6-16/h2-6,9,12-13,17H,7-8,10-11,14H2,1H3. The second-order valence-electron chi connectivity index (χ2n) is 6.69. The van der Waals surface area contributed by atoms with Crippen LogP contribution in [0.1, 0.15) is 35.8 Å². The Morgan fingerprint density at radius 3 is 2.73 bits per heavy atom. The van der Waals surface area contributed by atoms with E-state index in [0.29, 0.717) is 25.6 Å². The first-order chi connectivity index (χ1) is 12.7. The minimum atomic E-state index is -0.236. The number of imidazole rings is 1. The Morgan fingerprint density at radius 1 is 1.19 bits per heavy atom. The van der Waals surface area contributed by atoms with Crippen molar-refractivity contribution in [3.8, 4) is 0 Å². The zero-order valence-electron chi connectivity index (χ0n) is 14.8. The third-order valence-corrected chi connectivity index (χ3v) is 5.00. The van der Waals surface area contributed by atoms with Gasteiger partial charge in [-0.2, -0.15) is 0 Å². The van der Waals surface area contributed by atoms with Gasteiger partial charge in [-0.05, 0) is 25.3 Å². The molecule has 0 atom stereocenters. The molecule has 1 aliphatic rings. The van der Waals surface area contributed by atoms with Gasteiger partial charge in [-0.3, -0.25) is 4.98 Å². The fourth-order valence-corrected chi connectivity index (χ4v) is 3.51. The van der Waals surface area contributed by atoms with Crippen LogP contribution in [-0.4, -0.2) is 38.5 Å². The molecule has 1 aromatic carbocycles. The number of ether oxygens (including phenoxy) is 1. The summed E-state index contributed by atoms with van der Waals surface area (Å²) >= 11 is 0. The monoisotopic (exact) mass is 350 g/mol. The average molecular weight is 350 g/mol. The second-order valence-corrected chi connectivity index (χ2v) is 6.69. The Balaban J connectivity index is 1.36. The molecule has 0 aliphatic carbocycles. The summed E-state index contributed by atoms with van der Waals surface area (Å²) in [7, 11) is 0. The fraction of sp³-hybridized carbons (Fsp3) is 0.350. The van der Waals surface area contributed by atoms with E-state index in [1.54, 1.807) is 4.90 Å². The minimum Gasteiger partial charge on any atom is -0.445 e. The third-order valence-electron chi connectivity index (χ3n) is 5.00. The van der Waals surface area contributed by atoms with Crippen molar-refractivity contribution in [2.75, 3.05) is 13.1 Å². The van der Waals surface area contributed by atoms with Gasteiger partial charge in [-0.1, -0.05) is 30.3 Å². The number of fused-ring (bicyclic) bond motifs is 1. The smallest absolute Gasteiger partial charge is 0.410 e. The van der Waals surface area contributed by atoms with Gasteiger partial charge in [0, 0.05) is 31.4 Å². The highest BCUT2D eigenvalue weighted by Crippen LogP contribution is 2.28. The van der Waals surface area contributed by atoms with Crippen LogP contribution in [0.4, 0.5) is 4.79 Å². The molecule has 3 heterocycles. The number of amides is 1. The average Bonchev–Trinajstić information content (AvgIpc) is 3.12. The normalized spacial score (nSPS) is 15.3. The Labute approximate surface area is 152 Å². The SMILES string of the molecule is Cc1nccn2c(C3CCN(C(=O)OCc4ccccc4)CC3)ncc12. The maximum Gasteiger partial charge on any atom is 0.410 e. The molecule has 1 fully saturated rings. The van der Waals surface area contributed by atoms with Crippen molar-refractivity contribution >= 4 is 11.6 Å². The number of aryl methyl sites for hydroxylation is 1. The number of hydrogen-bond acceptors (Lipinski definition) is 4. The molecule has 0 radical (unpaired) electrons. The first-order valence-electron chi connectivity index (χ1n) is 8.96. The molecule has 1 saturated heterocycles. The molecule has 0 saturated carbocycles. The van der Waals surface area contributed by atoms with Crippen LogP contribution >= 0.6 is 0 Å². The molecule has 3 aromatic rings. The molecule has 1 amide bonds. The van der Waals surface area contributed by atoms with Crippen LogP contribution in [-0.2, 0) is 11.3 Å². The van der Waals surface area contributed by atoms with Crippen molar-refractivity contribution < 1.29 is 9.53 Å². The van der Waals surface area contributed by atoms with Gasteiger partial charge in [0.2, 0.25) is 0 Å². The number of carbonyl (C=O) groups excluding carboxylic acids is 1. The van der Waals surface area contributed by atoms with Gasteiger partial charge in [-0.25, -0.2) is 9.78 Å². The molecule has 6 heteroatoms. The van der Waals surface area contributed by atoms with Gasteiger partial charge >= 0.3 is 6.09 Å². The van der Waals surface area contributed by atoms with Crippen molar-refractivity contribution in [3.63, 3.8) is 0 Å². The Kier molecular flexibility index (Phi) is 4.56. The highest BCUT2D eigenvalue weighted by molar-refractivity contribution is 5.67. The summed E-state index contributed by atoms with van der Waals surface area (Å²) in [6.07, 6.45) is 7.20. The van der Waals surface area contributed by atoms with Crippen LogP contribution in [0.5, 0.6) is 0 Å². The molecule has 4 rings (SSSR count). The molecule has 2 aromatic heterocycles. The van der Waals surface area contributed by atoms with E-state index in [9.17, 15) is 4.79 Å². The number of carbonyl (C=O) groups is 1. The van der Waals surface area contributed by atoms with E-state index < -0.39 is 0 Å². The van der Waals surface area contributed by atoms with Gasteiger partial charge in [0.15, 0.2) is 0 Å². The topological polar surface area (TPSA) is 59.7 Å². The first kappa shape index (κ1) is 16.6. The molecule has 0 N–H and O–H groups in total. The molecular weight excluding hydrogens is 328 g/mol.